The summed E-state index contributed by atoms with van der Waals surface area (Å²) in [7, 11) is 1.83. The summed E-state index contributed by atoms with van der Waals surface area (Å²) in [5.74, 6) is 0.891. The Kier molecular flexibility index (Phi) is 8.38. The molecule has 9 heteroatoms. The van der Waals surface area contributed by atoms with E-state index in [4.69, 9.17) is 27.7 Å². The Balaban J connectivity index is 1.89. The maximum atomic E-state index is 13.8. The lowest BCUT2D eigenvalue weighted by atomic mass is 10.0. The number of halogens is 1. The normalized spacial score (nSPS) is 11.4. The van der Waals surface area contributed by atoms with Crippen molar-refractivity contribution in [3.63, 3.8) is 0 Å². The van der Waals surface area contributed by atoms with Crippen LogP contribution in [0.5, 0.6) is 0 Å². The van der Waals surface area contributed by atoms with Gasteiger partial charge in [-0.1, -0.05) is 54.6 Å². The Hall–Kier alpha value is -4.95. The molecule has 8 nitrogen and oxygen atoms in total. The van der Waals surface area contributed by atoms with Gasteiger partial charge in [-0.15, -0.1) is 0 Å². The van der Waals surface area contributed by atoms with E-state index in [-0.39, 0.29) is 17.2 Å². The third-order valence-corrected chi connectivity index (χ3v) is 6.17. The molecule has 0 spiro atoms. The number of allylic oxidation sites excluding steroid dienone is 2. The maximum absolute atomic E-state index is 13.8. The molecule has 1 aromatic heterocycles. The molecule has 0 amide bonds. The number of benzene rings is 3. The van der Waals surface area contributed by atoms with Crippen LogP contribution in [0, 0.1) is 5.41 Å². The van der Waals surface area contributed by atoms with Gasteiger partial charge in [0.2, 0.25) is 0 Å². The van der Waals surface area contributed by atoms with E-state index >= 15 is 0 Å². The molecule has 0 unspecified atom stereocenters. The van der Waals surface area contributed by atoms with Crippen LogP contribution >= 0.6 is 11.6 Å². The van der Waals surface area contributed by atoms with Crippen LogP contribution in [0.25, 0.3) is 22.6 Å². The van der Waals surface area contributed by atoms with Crippen LogP contribution < -0.4 is 21.9 Å². The Labute approximate surface area is 231 Å². The molecule has 39 heavy (non-hydrogen) atoms. The van der Waals surface area contributed by atoms with E-state index < -0.39 is 5.56 Å². The minimum absolute atomic E-state index is 0.120. The Morgan fingerprint density at radius 3 is 2.41 bits per heavy atom. The molecule has 5 N–H and O–H groups in total. The van der Waals surface area contributed by atoms with Crippen molar-refractivity contribution in [2.24, 2.45) is 10.7 Å². The predicted molar refractivity (Wildman–Crippen MR) is 163 cm³/mol. The topological polar surface area (TPSA) is 121 Å². The molecule has 0 aliphatic carbocycles. The predicted octanol–water partition coefficient (Wildman–Crippen LogP) is 6.24. The number of nitrogens with zero attached hydrogens (tertiary/aromatic N) is 3. The van der Waals surface area contributed by atoms with Crippen LogP contribution in [-0.2, 0) is 0 Å². The van der Waals surface area contributed by atoms with Gasteiger partial charge in [-0.2, -0.15) is 0 Å². The molecule has 4 rings (SSSR count). The molecule has 4 aromatic rings. The fourth-order valence-electron chi connectivity index (χ4n) is 3.95. The van der Waals surface area contributed by atoms with Crippen LogP contribution in [0.3, 0.4) is 0 Å². The van der Waals surface area contributed by atoms with Gasteiger partial charge in [-0.3, -0.25) is 9.36 Å². The second kappa shape index (κ2) is 12.1. The number of rotatable bonds is 9. The zero-order valence-corrected chi connectivity index (χ0v) is 22.3. The number of anilines is 3. The summed E-state index contributed by atoms with van der Waals surface area (Å²) in [5, 5.41) is 14.9. The van der Waals surface area contributed by atoms with Crippen molar-refractivity contribution < 1.29 is 0 Å². The zero-order valence-electron chi connectivity index (χ0n) is 21.6. The lowest BCUT2D eigenvalue weighted by Crippen LogP contribution is -2.26. The molecule has 0 aliphatic heterocycles. The minimum Gasteiger partial charge on any atom is -0.388 e. The second-order valence-corrected chi connectivity index (χ2v) is 8.92. The van der Waals surface area contributed by atoms with Gasteiger partial charge in [-0.25, -0.2) is 9.98 Å². The molecular weight excluding hydrogens is 510 g/mol. The molecule has 0 aliphatic rings. The van der Waals surface area contributed by atoms with Gasteiger partial charge < -0.3 is 21.8 Å². The van der Waals surface area contributed by atoms with Crippen molar-refractivity contribution in [3.8, 4) is 17.1 Å². The van der Waals surface area contributed by atoms with Crippen LogP contribution in [0.1, 0.15) is 18.1 Å². The highest BCUT2D eigenvalue weighted by Crippen LogP contribution is 2.27. The standard InChI is InChI=1S/C30H28ClN7O/c1-4-20(18-35-19(2)33)21-8-10-22(11-9-21)29-37-28(36-25-7-5-6-24(16-25)34-3)27(17-32)30(39)38(29)26-14-12-23(31)13-15-26/h4-18,32,34,36H,2,33H2,1,3H3/b20-4+,32-17?,35-18-. The van der Waals surface area contributed by atoms with Crippen LogP contribution in [-0.4, -0.2) is 29.0 Å². The first kappa shape index (κ1) is 27.1. The first-order valence-corrected chi connectivity index (χ1v) is 12.5. The quantitative estimate of drug-likeness (QED) is 0.188. The van der Waals surface area contributed by atoms with E-state index in [2.05, 4.69) is 22.2 Å². The van der Waals surface area contributed by atoms with Gasteiger partial charge in [0.05, 0.1) is 5.69 Å². The summed E-state index contributed by atoms with van der Waals surface area (Å²) < 4.78 is 1.48. The first-order chi connectivity index (χ1) is 18.8. The van der Waals surface area contributed by atoms with E-state index in [1.54, 1.807) is 30.5 Å². The summed E-state index contributed by atoms with van der Waals surface area (Å²) in [4.78, 5) is 22.8. The summed E-state index contributed by atoms with van der Waals surface area (Å²) >= 11 is 6.12. The van der Waals surface area contributed by atoms with Crippen molar-refractivity contribution in [1.29, 1.82) is 5.41 Å². The van der Waals surface area contributed by atoms with Crippen molar-refractivity contribution in [3.05, 3.63) is 118 Å². The van der Waals surface area contributed by atoms with Gasteiger partial charge in [0, 0.05) is 41.4 Å². The van der Waals surface area contributed by atoms with Gasteiger partial charge >= 0.3 is 0 Å². The summed E-state index contributed by atoms with van der Waals surface area (Å²) in [6, 6.07) is 22.1. The van der Waals surface area contributed by atoms with Crippen molar-refractivity contribution in [2.75, 3.05) is 17.7 Å². The average Bonchev–Trinajstić information content (AvgIpc) is 2.94. The van der Waals surface area contributed by atoms with Crippen molar-refractivity contribution >= 4 is 46.8 Å². The molecule has 0 fully saturated rings. The highest BCUT2D eigenvalue weighted by atomic mass is 35.5. The average molecular weight is 538 g/mol. The third kappa shape index (κ3) is 6.14. The highest BCUT2D eigenvalue weighted by molar-refractivity contribution is 6.30. The lowest BCUT2D eigenvalue weighted by molar-refractivity contribution is 0.948. The first-order valence-electron chi connectivity index (χ1n) is 12.1. The van der Waals surface area contributed by atoms with Crippen LogP contribution in [0.15, 0.2) is 101 Å². The Morgan fingerprint density at radius 1 is 1.10 bits per heavy atom. The fourth-order valence-corrected chi connectivity index (χ4v) is 4.08. The molecule has 0 saturated heterocycles. The SMILES string of the molecule is C=C(N)/N=C\C(=C/C)c1ccc(-c2nc(Nc3cccc(NC)c3)c(C=N)c(=O)n2-c2ccc(Cl)cc2)cc1. The van der Waals surface area contributed by atoms with E-state index in [1.165, 1.54) is 4.57 Å². The van der Waals surface area contributed by atoms with Gasteiger partial charge in [-0.05, 0) is 60.5 Å². The van der Waals surface area contributed by atoms with Gasteiger partial charge in [0.1, 0.15) is 23.0 Å². The summed E-state index contributed by atoms with van der Waals surface area (Å²) in [6.45, 7) is 5.51. The number of hydrogen-bond acceptors (Lipinski definition) is 7. The molecule has 0 radical (unpaired) electrons. The number of hydrogen-bond donors (Lipinski definition) is 4. The summed E-state index contributed by atoms with van der Waals surface area (Å²) in [5.41, 5.74) is 9.97. The van der Waals surface area contributed by atoms with Crippen LogP contribution in [0.2, 0.25) is 5.02 Å². The molecule has 0 bridgehead atoms. The lowest BCUT2D eigenvalue weighted by Gasteiger charge is -2.17. The Morgan fingerprint density at radius 2 is 1.79 bits per heavy atom. The largest absolute Gasteiger partial charge is 0.388 e. The third-order valence-electron chi connectivity index (χ3n) is 5.92. The molecule has 1 heterocycles. The smallest absolute Gasteiger partial charge is 0.269 e. The molecule has 0 atom stereocenters. The van der Waals surface area contributed by atoms with E-state index in [1.807, 2.05) is 68.6 Å². The minimum atomic E-state index is -0.392. The van der Waals surface area contributed by atoms with Crippen molar-refractivity contribution in [2.45, 2.75) is 6.92 Å². The number of aliphatic imine (C=N–C) groups is 1. The number of nitrogens with two attached hydrogens (primary N) is 1. The van der Waals surface area contributed by atoms with E-state index in [0.29, 0.717) is 22.1 Å². The monoisotopic (exact) mass is 537 g/mol. The Bertz CT molecular complexity index is 1640. The number of nitrogens with one attached hydrogen (secondary N) is 3. The summed E-state index contributed by atoms with van der Waals surface area (Å²) in [6.07, 6.45) is 4.59. The highest BCUT2D eigenvalue weighted by Gasteiger charge is 2.19. The zero-order chi connectivity index (χ0) is 27.9. The van der Waals surface area contributed by atoms with E-state index in [0.717, 1.165) is 28.7 Å². The van der Waals surface area contributed by atoms with E-state index in [9.17, 15) is 4.79 Å². The maximum Gasteiger partial charge on any atom is 0.269 e. The van der Waals surface area contributed by atoms with Crippen LogP contribution in [0.4, 0.5) is 17.2 Å². The van der Waals surface area contributed by atoms with Crippen molar-refractivity contribution in [1.82, 2.24) is 9.55 Å². The molecule has 0 saturated carbocycles. The van der Waals surface area contributed by atoms with Gasteiger partial charge in [0.15, 0.2) is 0 Å². The fraction of sp³-hybridized carbons (Fsp3) is 0.0667. The second-order valence-electron chi connectivity index (χ2n) is 8.49. The molecule has 196 valence electrons. The molecular formula is C30H28ClN7O. The number of aromatic nitrogens is 2. The molecule has 3 aromatic carbocycles. The van der Waals surface area contributed by atoms with Gasteiger partial charge in [0.25, 0.3) is 5.56 Å².